The molecular weight excluding hydrogens is 749 g/mol. The van der Waals surface area contributed by atoms with Gasteiger partial charge in [-0.25, -0.2) is 15.0 Å². The molecule has 0 unspecified atom stereocenters. The van der Waals surface area contributed by atoms with Gasteiger partial charge in [0.2, 0.25) is 0 Å². The standard InChI is InChI=1S/C55H34N4S/c1-3-14-36(15-4-1)52-57-53(37-16-5-2-6-17-37)59-54(58-52)44-22-8-7-19-40(44)38-26-28-48-50(32-38)60-51-33-39(41-23-13-18-35-30-31-56-34-45(35)41)27-29-49(51)55(48)46-24-11-9-20-42(46)43-21-10-12-25-47(43)55/h1-34H. The van der Waals surface area contributed by atoms with E-state index in [0.717, 1.165) is 33.2 Å². The number of aromatic nitrogens is 4. The van der Waals surface area contributed by atoms with Gasteiger partial charge in [-0.2, -0.15) is 0 Å². The van der Waals surface area contributed by atoms with Crippen molar-refractivity contribution in [3.05, 3.63) is 229 Å². The van der Waals surface area contributed by atoms with E-state index in [1.807, 2.05) is 60.6 Å². The molecule has 0 atom stereocenters. The predicted octanol–water partition coefficient (Wildman–Crippen LogP) is 13.6. The van der Waals surface area contributed by atoms with Gasteiger partial charge in [-0.15, -0.1) is 0 Å². The first-order valence-electron chi connectivity index (χ1n) is 20.2. The monoisotopic (exact) mass is 782 g/mol. The van der Waals surface area contributed by atoms with Crippen molar-refractivity contribution in [3.63, 3.8) is 0 Å². The molecule has 4 nitrogen and oxygen atoms in total. The molecule has 1 spiro atoms. The molecule has 60 heavy (non-hydrogen) atoms. The zero-order chi connectivity index (χ0) is 39.6. The van der Waals surface area contributed by atoms with Crippen LogP contribution >= 0.6 is 11.8 Å². The summed E-state index contributed by atoms with van der Waals surface area (Å²) < 4.78 is 0. The van der Waals surface area contributed by atoms with Gasteiger partial charge in [0.25, 0.3) is 0 Å². The molecule has 3 heterocycles. The Labute approximate surface area is 352 Å². The SMILES string of the molecule is c1ccc(-c2nc(-c3ccccc3)nc(-c3ccccc3-c3ccc4c(c3)Sc3cc(-c5cccc6ccncc56)ccc3C43c4ccccc4-c4ccccc43)n2)cc1. The third kappa shape index (κ3) is 5.33. The Morgan fingerprint density at radius 2 is 0.850 bits per heavy atom. The number of pyridine rings is 1. The van der Waals surface area contributed by atoms with Gasteiger partial charge in [0.05, 0.1) is 5.41 Å². The van der Waals surface area contributed by atoms with E-state index in [1.54, 1.807) is 0 Å². The minimum atomic E-state index is -0.497. The lowest BCUT2D eigenvalue weighted by Crippen LogP contribution is -2.32. The van der Waals surface area contributed by atoms with Gasteiger partial charge >= 0.3 is 0 Å². The molecule has 0 N–H and O–H groups in total. The predicted molar refractivity (Wildman–Crippen MR) is 244 cm³/mol. The van der Waals surface area contributed by atoms with Crippen molar-refractivity contribution in [2.75, 3.05) is 0 Å². The Kier molecular flexibility index (Phi) is 7.97. The van der Waals surface area contributed by atoms with Crippen LogP contribution in [0.4, 0.5) is 0 Å². The van der Waals surface area contributed by atoms with Crippen LogP contribution in [0.1, 0.15) is 22.3 Å². The van der Waals surface area contributed by atoms with Crippen LogP contribution in [0.5, 0.6) is 0 Å². The minimum absolute atomic E-state index is 0.497. The van der Waals surface area contributed by atoms with Crippen molar-refractivity contribution >= 4 is 22.5 Å². The summed E-state index contributed by atoms with van der Waals surface area (Å²) in [6.07, 6.45) is 3.85. The second-order valence-electron chi connectivity index (χ2n) is 15.4. The number of benzene rings is 8. The lowest BCUT2D eigenvalue weighted by molar-refractivity contribution is 0.723. The van der Waals surface area contributed by atoms with E-state index in [2.05, 4.69) is 163 Å². The molecule has 2 aliphatic rings. The number of hydrogen-bond acceptors (Lipinski definition) is 5. The van der Waals surface area contributed by atoms with E-state index >= 15 is 0 Å². The van der Waals surface area contributed by atoms with Crippen molar-refractivity contribution in [2.45, 2.75) is 15.2 Å². The summed E-state index contributed by atoms with van der Waals surface area (Å²) in [7, 11) is 0. The van der Waals surface area contributed by atoms with Crippen molar-refractivity contribution in [2.24, 2.45) is 0 Å². The molecule has 5 heteroatoms. The molecule has 0 amide bonds. The summed E-state index contributed by atoms with van der Waals surface area (Å²) in [5.41, 5.74) is 14.7. The highest BCUT2D eigenvalue weighted by Crippen LogP contribution is 2.62. The van der Waals surface area contributed by atoms with Crippen LogP contribution in [0.3, 0.4) is 0 Å². The Morgan fingerprint density at radius 1 is 0.350 bits per heavy atom. The first-order valence-corrected chi connectivity index (χ1v) is 21.0. The highest BCUT2D eigenvalue weighted by atomic mass is 32.2. The largest absolute Gasteiger partial charge is 0.264 e. The zero-order valence-corrected chi connectivity index (χ0v) is 33.1. The van der Waals surface area contributed by atoms with E-state index in [4.69, 9.17) is 15.0 Å². The van der Waals surface area contributed by atoms with Gasteiger partial charge in [-0.1, -0.05) is 188 Å². The first kappa shape index (κ1) is 34.6. The number of nitrogens with zero attached hydrogens (tertiary/aromatic N) is 4. The molecule has 0 radical (unpaired) electrons. The van der Waals surface area contributed by atoms with Gasteiger partial charge in [0.1, 0.15) is 0 Å². The molecule has 0 fully saturated rings. The summed E-state index contributed by atoms with van der Waals surface area (Å²) in [6, 6.07) is 69.5. The maximum absolute atomic E-state index is 5.14. The smallest absolute Gasteiger partial charge is 0.164 e. The van der Waals surface area contributed by atoms with Crippen LogP contribution < -0.4 is 0 Å². The second kappa shape index (κ2) is 13.8. The Bertz CT molecular complexity index is 3200. The zero-order valence-electron chi connectivity index (χ0n) is 32.3. The van der Waals surface area contributed by atoms with Crippen molar-refractivity contribution < 1.29 is 0 Å². The van der Waals surface area contributed by atoms with Crippen LogP contribution in [0.25, 0.3) is 78.3 Å². The molecule has 2 aromatic heterocycles. The van der Waals surface area contributed by atoms with Gasteiger partial charge in [-0.05, 0) is 79.2 Å². The minimum Gasteiger partial charge on any atom is -0.264 e. The fraction of sp³-hybridized carbons (Fsp3) is 0.0182. The Balaban J connectivity index is 1.07. The molecule has 10 aromatic rings. The summed E-state index contributed by atoms with van der Waals surface area (Å²) >= 11 is 1.86. The summed E-state index contributed by atoms with van der Waals surface area (Å²) in [6.45, 7) is 0. The fourth-order valence-electron chi connectivity index (χ4n) is 9.47. The maximum Gasteiger partial charge on any atom is 0.164 e. The molecule has 0 saturated carbocycles. The third-order valence-electron chi connectivity index (χ3n) is 12.1. The highest BCUT2D eigenvalue weighted by Gasteiger charge is 2.50. The second-order valence-corrected chi connectivity index (χ2v) is 16.4. The van der Waals surface area contributed by atoms with Gasteiger partial charge in [0.15, 0.2) is 17.5 Å². The Hall–Kier alpha value is -7.47. The van der Waals surface area contributed by atoms with Gasteiger partial charge < -0.3 is 0 Å². The lowest BCUT2D eigenvalue weighted by Gasteiger charge is -2.40. The fourth-order valence-corrected chi connectivity index (χ4v) is 10.7. The van der Waals surface area contributed by atoms with Crippen LogP contribution in [0.2, 0.25) is 0 Å². The van der Waals surface area contributed by atoms with E-state index in [9.17, 15) is 0 Å². The molecule has 0 saturated heterocycles. The van der Waals surface area contributed by atoms with Crippen molar-refractivity contribution in [1.29, 1.82) is 0 Å². The number of fused-ring (bicyclic) bond motifs is 10. The van der Waals surface area contributed by atoms with E-state index in [-0.39, 0.29) is 0 Å². The topological polar surface area (TPSA) is 51.6 Å². The van der Waals surface area contributed by atoms with Gasteiger partial charge in [-0.3, -0.25) is 4.98 Å². The summed E-state index contributed by atoms with van der Waals surface area (Å²) in [5.74, 6) is 1.92. The van der Waals surface area contributed by atoms with E-state index in [1.165, 1.54) is 59.7 Å². The highest BCUT2D eigenvalue weighted by molar-refractivity contribution is 7.99. The van der Waals surface area contributed by atoms with Crippen LogP contribution in [-0.2, 0) is 5.41 Å². The van der Waals surface area contributed by atoms with Crippen LogP contribution in [0.15, 0.2) is 216 Å². The van der Waals surface area contributed by atoms with Crippen molar-refractivity contribution in [1.82, 2.24) is 19.9 Å². The Morgan fingerprint density at radius 3 is 1.47 bits per heavy atom. The normalized spacial score (nSPS) is 13.1. The molecule has 12 rings (SSSR count). The number of hydrogen-bond donors (Lipinski definition) is 0. The summed E-state index contributed by atoms with van der Waals surface area (Å²) in [4.78, 5) is 22.2. The van der Waals surface area contributed by atoms with E-state index < -0.39 is 5.41 Å². The maximum atomic E-state index is 5.14. The van der Waals surface area contributed by atoms with Gasteiger partial charge in [0, 0.05) is 44.3 Å². The average molecular weight is 783 g/mol. The number of rotatable bonds is 5. The molecule has 1 aliphatic heterocycles. The first-order chi connectivity index (χ1) is 29.7. The quantitative estimate of drug-likeness (QED) is 0.174. The molecule has 8 aromatic carbocycles. The van der Waals surface area contributed by atoms with Crippen LogP contribution in [0, 0.1) is 0 Å². The molecule has 280 valence electrons. The summed E-state index contributed by atoms with van der Waals surface area (Å²) in [5, 5.41) is 2.33. The lowest BCUT2D eigenvalue weighted by atomic mass is 9.67. The average Bonchev–Trinajstić information content (AvgIpc) is 3.62. The van der Waals surface area contributed by atoms with E-state index in [0.29, 0.717) is 17.5 Å². The molecule has 1 aliphatic carbocycles. The molecular formula is C55H34N4S. The molecule has 0 bridgehead atoms. The third-order valence-corrected chi connectivity index (χ3v) is 13.2. The van der Waals surface area contributed by atoms with Crippen LogP contribution in [-0.4, -0.2) is 19.9 Å². The van der Waals surface area contributed by atoms with Crippen molar-refractivity contribution in [3.8, 4) is 67.5 Å².